The summed E-state index contributed by atoms with van der Waals surface area (Å²) in [5.41, 5.74) is 5.34. The van der Waals surface area contributed by atoms with Gasteiger partial charge < -0.3 is 10.6 Å². The molecule has 2 aliphatic rings. The van der Waals surface area contributed by atoms with Crippen LogP contribution in [0.2, 0.25) is 0 Å². The van der Waals surface area contributed by atoms with Crippen LogP contribution in [0.25, 0.3) is 5.69 Å². The second kappa shape index (κ2) is 8.44. The number of aryl methyl sites for hydroxylation is 1. The number of hydrogen-bond donors (Lipinski definition) is 2. The molecule has 146 valence electrons. The summed E-state index contributed by atoms with van der Waals surface area (Å²) < 4.78 is 1.99. The number of carbonyl (C=O) groups excluding carboxylic acids is 1. The molecule has 1 saturated heterocycles. The molecule has 1 aliphatic carbocycles. The van der Waals surface area contributed by atoms with Crippen molar-refractivity contribution in [1.82, 2.24) is 20.4 Å². The Kier molecular flexibility index (Phi) is 6.22. The minimum Gasteiger partial charge on any atom is -0.348 e. The van der Waals surface area contributed by atoms with Crippen molar-refractivity contribution in [1.29, 1.82) is 0 Å². The summed E-state index contributed by atoms with van der Waals surface area (Å²) in [5.74, 6) is -0.00817. The van der Waals surface area contributed by atoms with E-state index in [1.165, 1.54) is 11.3 Å². The van der Waals surface area contributed by atoms with E-state index >= 15 is 0 Å². The van der Waals surface area contributed by atoms with Crippen LogP contribution >= 0.6 is 12.4 Å². The molecular formula is C21H29ClN4O. The van der Waals surface area contributed by atoms with Gasteiger partial charge in [0.1, 0.15) is 0 Å². The van der Waals surface area contributed by atoms with Crippen LogP contribution in [0.3, 0.4) is 0 Å². The lowest BCUT2D eigenvalue weighted by Crippen LogP contribution is -2.46. The maximum absolute atomic E-state index is 12.9. The van der Waals surface area contributed by atoms with Crippen LogP contribution in [-0.2, 0) is 19.3 Å². The van der Waals surface area contributed by atoms with E-state index in [1.54, 1.807) is 0 Å². The third-order valence-corrected chi connectivity index (χ3v) is 5.69. The van der Waals surface area contributed by atoms with Crippen molar-refractivity contribution in [2.75, 3.05) is 6.54 Å². The summed E-state index contributed by atoms with van der Waals surface area (Å²) in [5, 5.41) is 11.4. The first kappa shape index (κ1) is 19.9. The highest BCUT2D eigenvalue weighted by Gasteiger charge is 2.29. The molecule has 1 aliphatic heterocycles. The van der Waals surface area contributed by atoms with Crippen molar-refractivity contribution in [3.8, 4) is 5.69 Å². The van der Waals surface area contributed by atoms with Gasteiger partial charge in [0, 0.05) is 23.3 Å². The van der Waals surface area contributed by atoms with Gasteiger partial charge in [-0.1, -0.05) is 19.1 Å². The predicted molar refractivity (Wildman–Crippen MR) is 110 cm³/mol. The summed E-state index contributed by atoms with van der Waals surface area (Å²) in [4.78, 5) is 12.9. The lowest BCUT2D eigenvalue weighted by Gasteiger charge is -2.28. The number of rotatable bonds is 4. The van der Waals surface area contributed by atoms with Crippen molar-refractivity contribution in [2.24, 2.45) is 0 Å². The minimum absolute atomic E-state index is 0. The van der Waals surface area contributed by atoms with Gasteiger partial charge in [-0.3, -0.25) is 4.79 Å². The Morgan fingerprint density at radius 3 is 2.78 bits per heavy atom. The molecule has 0 bridgehead atoms. The number of halogens is 1. The van der Waals surface area contributed by atoms with Crippen LogP contribution in [-0.4, -0.2) is 34.3 Å². The summed E-state index contributed by atoms with van der Waals surface area (Å²) in [6, 6.07) is 9.21. The van der Waals surface area contributed by atoms with Gasteiger partial charge in [-0.2, -0.15) is 5.10 Å². The van der Waals surface area contributed by atoms with Crippen LogP contribution < -0.4 is 10.6 Å². The number of nitrogens with zero attached hydrogens (tertiary/aromatic N) is 2. The van der Waals surface area contributed by atoms with Crippen molar-refractivity contribution in [3.63, 3.8) is 0 Å². The van der Waals surface area contributed by atoms with Gasteiger partial charge in [0.25, 0.3) is 5.91 Å². The third kappa shape index (κ3) is 4.04. The molecule has 2 atom stereocenters. The van der Waals surface area contributed by atoms with E-state index in [0.29, 0.717) is 11.7 Å². The van der Waals surface area contributed by atoms with Gasteiger partial charge in [0.15, 0.2) is 5.69 Å². The molecule has 2 aromatic rings. The third-order valence-electron chi connectivity index (χ3n) is 5.69. The Bertz CT molecular complexity index is 799. The van der Waals surface area contributed by atoms with Gasteiger partial charge in [-0.05, 0) is 69.7 Å². The average Bonchev–Trinajstić information content (AvgIpc) is 3.24. The second-order valence-electron chi connectivity index (χ2n) is 7.61. The molecule has 1 aromatic heterocycles. The SMILES string of the molecule is CCc1ccc(-n2nc(C(=O)NC3CCNC(C)C3)c3c2CCC3)cc1.Cl. The molecule has 4 rings (SSSR count). The van der Waals surface area contributed by atoms with Gasteiger partial charge in [-0.25, -0.2) is 4.68 Å². The van der Waals surface area contributed by atoms with E-state index in [4.69, 9.17) is 5.10 Å². The molecule has 1 amide bonds. The number of hydrogen-bond acceptors (Lipinski definition) is 3. The lowest BCUT2D eigenvalue weighted by molar-refractivity contribution is 0.0919. The fourth-order valence-corrected chi connectivity index (χ4v) is 4.22. The molecule has 0 spiro atoms. The zero-order valence-corrected chi connectivity index (χ0v) is 16.9. The smallest absolute Gasteiger partial charge is 0.272 e. The predicted octanol–water partition coefficient (Wildman–Crippen LogP) is 3.22. The zero-order valence-electron chi connectivity index (χ0n) is 16.1. The van der Waals surface area contributed by atoms with Crippen molar-refractivity contribution < 1.29 is 4.79 Å². The number of carbonyl (C=O) groups is 1. The summed E-state index contributed by atoms with van der Waals surface area (Å²) in [6.07, 6.45) is 6.04. The van der Waals surface area contributed by atoms with Crippen LogP contribution in [0.5, 0.6) is 0 Å². The first-order chi connectivity index (χ1) is 12.7. The Morgan fingerprint density at radius 1 is 1.30 bits per heavy atom. The van der Waals surface area contributed by atoms with Crippen molar-refractivity contribution in [2.45, 2.75) is 64.5 Å². The van der Waals surface area contributed by atoms with Gasteiger partial charge >= 0.3 is 0 Å². The fourth-order valence-electron chi connectivity index (χ4n) is 4.22. The van der Waals surface area contributed by atoms with Gasteiger partial charge in [0.05, 0.1) is 5.69 Å². The first-order valence-corrected chi connectivity index (χ1v) is 9.90. The second-order valence-corrected chi connectivity index (χ2v) is 7.61. The number of piperidine rings is 1. The monoisotopic (exact) mass is 388 g/mol. The first-order valence-electron chi connectivity index (χ1n) is 9.90. The van der Waals surface area contributed by atoms with E-state index in [0.717, 1.165) is 56.3 Å². The van der Waals surface area contributed by atoms with Crippen LogP contribution in [0.1, 0.15) is 60.4 Å². The zero-order chi connectivity index (χ0) is 18.1. The Labute approximate surface area is 167 Å². The van der Waals surface area contributed by atoms with Gasteiger partial charge in [0.2, 0.25) is 0 Å². The summed E-state index contributed by atoms with van der Waals surface area (Å²) in [7, 11) is 0. The lowest BCUT2D eigenvalue weighted by atomic mass is 10.0. The van der Waals surface area contributed by atoms with E-state index in [-0.39, 0.29) is 24.4 Å². The number of nitrogens with one attached hydrogen (secondary N) is 2. The van der Waals surface area contributed by atoms with Gasteiger partial charge in [-0.15, -0.1) is 12.4 Å². The van der Waals surface area contributed by atoms with E-state index < -0.39 is 0 Å². The molecule has 2 unspecified atom stereocenters. The standard InChI is InChI=1S/C21H28N4O.ClH/c1-3-15-7-9-17(10-8-15)25-19-6-4-5-18(19)20(24-25)21(26)23-16-11-12-22-14(2)13-16;/h7-10,14,16,22H,3-6,11-13H2,1-2H3,(H,23,26);1H. The normalized spacial score (nSPS) is 21.4. The topological polar surface area (TPSA) is 59.0 Å². The highest BCUT2D eigenvalue weighted by molar-refractivity contribution is 5.94. The molecular weight excluding hydrogens is 360 g/mol. The maximum Gasteiger partial charge on any atom is 0.272 e. The van der Waals surface area contributed by atoms with Crippen molar-refractivity contribution in [3.05, 3.63) is 46.8 Å². The molecule has 1 fully saturated rings. The highest BCUT2D eigenvalue weighted by atomic mass is 35.5. The maximum atomic E-state index is 12.9. The molecule has 1 aromatic carbocycles. The highest BCUT2D eigenvalue weighted by Crippen LogP contribution is 2.28. The Morgan fingerprint density at radius 2 is 2.07 bits per heavy atom. The van der Waals surface area contributed by atoms with E-state index in [1.807, 2.05) is 4.68 Å². The van der Waals surface area contributed by atoms with Crippen LogP contribution in [0, 0.1) is 0 Å². The molecule has 5 nitrogen and oxygen atoms in total. The summed E-state index contributed by atoms with van der Waals surface area (Å²) >= 11 is 0. The molecule has 27 heavy (non-hydrogen) atoms. The van der Waals surface area contributed by atoms with Crippen LogP contribution in [0.15, 0.2) is 24.3 Å². The Balaban J connectivity index is 0.00000210. The van der Waals surface area contributed by atoms with Crippen LogP contribution in [0.4, 0.5) is 0 Å². The molecule has 2 N–H and O–H groups in total. The molecule has 6 heteroatoms. The number of fused-ring (bicyclic) bond motifs is 1. The fraction of sp³-hybridized carbons (Fsp3) is 0.524. The number of aromatic nitrogens is 2. The molecule has 0 saturated carbocycles. The Hall–Kier alpha value is -1.85. The minimum atomic E-state index is -0.00817. The largest absolute Gasteiger partial charge is 0.348 e. The van der Waals surface area contributed by atoms with E-state index in [2.05, 4.69) is 48.7 Å². The molecule has 2 heterocycles. The quantitative estimate of drug-likeness (QED) is 0.845. The molecule has 0 radical (unpaired) electrons. The van der Waals surface area contributed by atoms with Crippen molar-refractivity contribution >= 4 is 18.3 Å². The average molecular weight is 389 g/mol. The number of benzene rings is 1. The number of amides is 1. The summed E-state index contributed by atoms with van der Waals surface area (Å²) in [6.45, 7) is 5.29. The van der Waals surface area contributed by atoms with E-state index in [9.17, 15) is 4.79 Å².